The SMILES string of the molecule is CC(C)(C)C(F)=C(COC(N)=O)COc1ccc2c(c1)CCNC2=O. The zero-order chi connectivity index (χ0) is 18.6. The molecule has 0 fully saturated rings. The maximum atomic E-state index is 14.6. The lowest BCUT2D eigenvalue weighted by Crippen LogP contribution is -2.31. The van der Waals surface area contributed by atoms with Crippen LogP contribution in [-0.2, 0) is 11.2 Å². The molecule has 1 aliphatic rings. The van der Waals surface area contributed by atoms with Crippen molar-refractivity contribution >= 4 is 12.0 Å². The Labute approximate surface area is 146 Å². The molecule has 2 amide bonds. The Kier molecular flexibility index (Phi) is 5.66. The van der Waals surface area contributed by atoms with Crippen molar-refractivity contribution in [2.24, 2.45) is 11.1 Å². The summed E-state index contributed by atoms with van der Waals surface area (Å²) in [5, 5.41) is 2.77. The second kappa shape index (κ2) is 7.55. The van der Waals surface area contributed by atoms with Gasteiger partial charge < -0.3 is 20.5 Å². The molecule has 7 heteroatoms. The summed E-state index contributed by atoms with van der Waals surface area (Å²) in [4.78, 5) is 22.6. The molecule has 136 valence electrons. The third-order valence-electron chi connectivity index (χ3n) is 3.77. The van der Waals surface area contributed by atoms with Gasteiger partial charge in [-0.3, -0.25) is 4.79 Å². The smallest absolute Gasteiger partial charge is 0.404 e. The van der Waals surface area contributed by atoms with Crippen molar-refractivity contribution in [1.29, 1.82) is 0 Å². The molecule has 3 N–H and O–H groups in total. The summed E-state index contributed by atoms with van der Waals surface area (Å²) in [5.41, 5.74) is 5.93. The van der Waals surface area contributed by atoms with Gasteiger partial charge in [0.2, 0.25) is 0 Å². The fraction of sp³-hybridized carbons (Fsp3) is 0.444. The number of fused-ring (bicyclic) bond motifs is 1. The predicted molar refractivity (Wildman–Crippen MR) is 91.1 cm³/mol. The van der Waals surface area contributed by atoms with E-state index in [1.54, 1.807) is 39.0 Å². The summed E-state index contributed by atoms with van der Waals surface area (Å²) in [7, 11) is 0. The molecule has 1 aromatic rings. The largest absolute Gasteiger partial charge is 0.489 e. The van der Waals surface area contributed by atoms with Crippen molar-refractivity contribution in [3.8, 4) is 5.75 Å². The molecule has 6 nitrogen and oxygen atoms in total. The van der Waals surface area contributed by atoms with E-state index in [1.165, 1.54) is 0 Å². The molecule has 0 radical (unpaired) electrons. The minimum atomic E-state index is -0.973. The Balaban J connectivity index is 2.15. The second-order valence-electron chi connectivity index (χ2n) is 6.89. The fourth-order valence-electron chi connectivity index (χ4n) is 2.52. The van der Waals surface area contributed by atoms with Crippen LogP contribution >= 0.6 is 0 Å². The molecule has 2 rings (SSSR count). The molecular formula is C18H23FN2O4. The van der Waals surface area contributed by atoms with Crippen LogP contribution in [0.4, 0.5) is 9.18 Å². The summed E-state index contributed by atoms with van der Waals surface area (Å²) >= 11 is 0. The van der Waals surface area contributed by atoms with Crippen molar-refractivity contribution in [2.45, 2.75) is 27.2 Å². The Bertz CT molecular complexity index is 708. The Morgan fingerprint density at radius 1 is 1.32 bits per heavy atom. The van der Waals surface area contributed by atoms with Gasteiger partial charge in [0, 0.05) is 23.1 Å². The van der Waals surface area contributed by atoms with Crippen LogP contribution in [0, 0.1) is 5.41 Å². The number of carbonyl (C=O) groups excluding carboxylic acids is 2. The van der Waals surface area contributed by atoms with Crippen molar-refractivity contribution < 1.29 is 23.5 Å². The maximum absolute atomic E-state index is 14.6. The Morgan fingerprint density at radius 3 is 2.68 bits per heavy atom. The molecule has 0 atom stereocenters. The molecule has 0 spiro atoms. The van der Waals surface area contributed by atoms with Crippen LogP contribution in [0.1, 0.15) is 36.7 Å². The van der Waals surface area contributed by atoms with E-state index in [0.29, 0.717) is 24.3 Å². The van der Waals surface area contributed by atoms with Crippen molar-refractivity contribution in [3.63, 3.8) is 0 Å². The monoisotopic (exact) mass is 350 g/mol. The van der Waals surface area contributed by atoms with Gasteiger partial charge in [0.25, 0.3) is 5.91 Å². The zero-order valence-corrected chi connectivity index (χ0v) is 14.6. The van der Waals surface area contributed by atoms with Gasteiger partial charge in [-0.1, -0.05) is 20.8 Å². The molecule has 0 saturated carbocycles. The van der Waals surface area contributed by atoms with Gasteiger partial charge in [0.1, 0.15) is 24.8 Å². The number of nitrogens with two attached hydrogens (primary N) is 1. The van der Waals surface area contributed by atoms with E-state index in [0.717, 1.165) is 5.56 Å². The number of rotatable bonds is 5. The normalized spacial score (nSPS) is 15.0. The topological polar surface area (TPSA) is 90.7 Å². The number of halogens is 1. The molecule has 0 aliphatic carbocycles. The number of carbonyl (C=O) groups is 2. The minimum Gasteiger partial charge on any atom is -0.489 e. The average Bonchev–Trinajstić information content (AvgIpc) is 2.53. The number of primary amides is 1. The summed E-state index contributed by atoms with van der Waals surface area (Å²) in [6, 6.07) is 5.11. The van der Waals surface area contributed by atoms with E-state index >= 15 is 0 Å². The first kappa shape index (κ1) is 18.8. The predicted octanol–water partition coefficient (Wildman–Crippen LogP) is 2.72. The van der Waals surface area contributed by atoms with Crippen LogP contribution in [0.5, 0.6) is 5.75 Å². The number of amides is 2. The number of allylic oxidation sites excluding steroid dienone is 1. The lowest BCUT2D eigenvalue weighted by molar-refractivity contribution is 0.0946. The van der Waals surface area contributed by atoms with Gasteiger partial charge >= 0.3 is 6.09 Å². The van der Waals surface area contributed by atoms with Crippen molar-refractivity contribution in [3.05, 3.63) is 40.7 Å². The molecule has 1 aliphatic heterocycles. The minimum absolute atomic E-state index is 0.0820. The van der Waals surface area contributed by atoms with E-state index in [9.17, 15) is 14.0 Å². The lowest BCUT2D eigenvalue weighted by atomic mass is 9.92. The highest BCUT2D eigenvalue weighted by molar-refractivity contribution is 5.96. The highest BCUT2D eigenvalue weighted by Crippen LogP contribution is 2.30. The Morgan fingerprint density at radius 2 is 2.04 bits per heavy atom. The van der Waals surface area contributed by atoms with Crippen LogP contribution in [-0.4, -0.2) is 31.8 Å². The third-order valence-corrected chi connectivity index (χ3v) is 3.77. The van der Waals surface area contributed by atoms with Gasteiger partial charge in [-0.2, -0.15) is 0 Å². The number of ether oxygens (including phenoxy) is 2. The summed E-state index contributed by atoms with van der Waals surface area (Å²) < 4.78 is 24.9. The Hall–Kier alpha value is -2.57. The van der Waals surface area contributed by atoms with E-state index in [4.69, 9.17) is 15.2 Å². The maximum Gasteiger partial charge on any atom is 0.404 e. The van der Waals surface area contributed by atoms with E-state index < -0.39 is 17.3 Å². The van der Waals surface area contributed by atoms with Gasteiger partial charge in [-0.15, -0.1) is 0 Å². The molecule has 25 heavy (non-hydrogen) atoms. The molecule has 1 aromatic carbocycles. The van der Waals surface area contributed by atoms with Gasteiger partial charge in [0.05, 0.1) is 0 Å². The first-order chi connectivity index (χ1) is 11.7. The van der Waals surface area contributed by atoms with E-state index in [-0.39, 0.29) is 24.7 Å². The highest BCUT2D eigenvalue weighted by atomic mass is 19.1. The average molecular weight is 350 g/mol. The molecule has 0 saturated heterocycles. The van der Waals surface area contributed by atoms with Crippen LogP contribution in [0.15, 0.2) is 29.6 Å². The first-order valence-corrected chi connectivity index (χ1v) is 8.02. The summed E-state index contributed by atoms with van der Waals surface area (Å²) in [6.07, 6.45) is -0.263. The molecule has 1 heterocycles. The van der Waals surface area contributed by atoms with Gasteiger partial charge in [-0.25, -0.2) is 9.18 Å². The van der Waals surface area contributed by atoms with E-state index in [1.807, 2.05) is 0 Å². The number of hydrogen-bond acceptors (Lipinski definition) is 4. The summed E-state index contributed by atoms with van der Waals surface area (Å²) in [6.45, 7) is 5.36. The highest BCUT2D eigenvalue weighted by Gasteiger charge is 2.23. The third kappa shape index (κ3) is 4.95. The van der Waals surface area contributed by atoms with Crippen molar-refractivity contribution in [1.82, 2.24) is 5.32 Å². The van der Waals surface area contributed by atoms with Crippen LogP contribution in [0.25, 0.3) is 0 Å². The molecule has 0 unspecified atom stereocenters. The standard InChI is InChI=1S/C18H23FN2O4/c1-18(2,3)15(19)12(10-25-17(20)23)9-24-13-4-5-14-11(8-13)6-7-21-16(14)22/h4-5,8H,6-7,9-10H2,1-3H3,(H2,20,23)(H,21,22). The van der Waals surface area contributed by atoms with Crippen LogP contribution < -0.4 is 15.8 Å². The number of hydrogen-bond donors (Lipinski definition) is 2. The lowest BCUT2D eigenvalue weighted by Gasteiger charge is -2.21. The number of benzene rings is 1. The molecule has 0 bridgehead atoms. The van der Waals surface area contributed by atoms with Crippen LogP contribution in [0.2, 0.25) is 0 Å². The quantitative estimate of drug-likeness (QED) is 0.854. The molecular weight excluding hydrogens is 327 g/mol. The second-order valence-corrected chi connectivity index (χ2v) is 6.89. The van der Waals surface area contributed by atoms with Gasteiger partial charge in [-0.05, 0) is 30.2 Å². The zero-order valence-electron chi connectivity index (χ0n) is 14.6. The van der Waals surface area contributed by atoms with Gasteiger partial charge in [0.15, 0.2) is 0 Å². The number of nitrogens with one attached hydrogen (secondary N) is 1. The first-order valence-electron chi connectivity index (χ1n) is 8.02. The van der Waals surface area contributed by atoms with Crippen LogP contribution in [0.3, 0.4) is 0 Å². The molecule has 0 aromatic heterocycles. The fourth-order valence-corrected chi connectivity index (χ4v) is 2.52. The van der Waals surface area contributed by atoms with Crippen molar-refractivity contribution in [2.75, 3.05) is 19.8 Å². The summed E-state index contributed by atoms with van der Waals surface area (Å²) in [5.74, 6) is -0.000146. The van der Waals surface area contributed by atoms with E-state index in [2.05, 4.69) is 5.32 Å².